The molecule has 0 bridgehead atoms. The van der Waals surface area contributed by atoms with Crippen molar-refractivity contribution in [1.82, 2.24) is 4.98 Å². The van der Waals surface area contributed by atoms with Gasteiger partial charge in [-0.05, 0) is 12.1 Å². The zero-order valence-corrected chi connectivity index (χ0v) is 11.7. The van der Waals surface area contributed by atoms with Crippen molar-refractivity contribution in [3.63, 3.8) is 0 Å². The standard InChI is InChI=1S/C12H6Cl2FN3O3/c13-8-5-6(18(20)21)4-7(11(8)14)12(19)17-10-3-1-2-9(15)16-10/h1-5H,(H,16,17,19). The first-order valence-electron chi connectivity index (χ1n) is 5.46. The molecule has 1 heterocycles. The van der Waals surface area contributed by atoms with E-state index >= 15 is 0 Å². The lowest BCUT2D eigenvalue weighted by atomic mass is 10.2. The number of nitro benzene ring substituents is 1. The molecule has 0 fully saturated rings. The van der Waals surface area contributed by atoms with Crippen LogP contribution < -0.4 is 5.32 Å². The van der Waals surface area contributed by atoms with Crippen molar-refractivity contribution >= 4 is 40.6 Å². The van der Waals surface area contributed by atoms with E-state index in [1.165, 1.54) is 12.1 Å². The van der Waals surface area contributed by atoms with Crippen LogP contribution in [0, 0.1) is 16.1 Å². The summed E-state index contributed by atoms with van der Waals surface area (Å²) in [5, 5.41) is 12.8. The topological polar surface area (TPSA) is 85.1 Å². The molecule has 0 aliphatic heterocycles. The summed E-state index contributed by atoms with van der Waals surface area (Å²) in [7, 11) is 0. The zero-order valence-electron chi connectivity index (χ0n) is 10.1. The molecule has 0 saturated carbocycles. The quantitative estimate of drug-likeness (QED) is 0.528. The number of hydrogen-bond acceptors (Lipinski definition) is 4. The molecule has 1 amide bonds. The van der Waals surface area contributed by atoms with Crippen molar-refractivity contribution in [2.24, 2.45) is 0 Å². The molecule has 1 N–H and O–H groups in total. The molecule has 2 rings (SSSR count). The maximum Gasteiger partial charge on any atom is 0.271 e. The van der Waals surface area contributed by atoms with Gasteiger partial charge >= 0.3 is 0 Å². The third-order valence-electron chi connectivity index (χ3n) is 2.43. The SMILES string of the molecule is O=C(Nc1cccc(F)n1)c1cc([N+](=O)[O-])cc(Cl)c1Cl. The first-order valence-corrected chi connectivity index (χ1v) is 6.21. The van der Waals surface area contributed by atoms with E-state index in [-0.39, 0.29) is 27.1 Å². The summed E-state index contributed by atoms with van der Waals surface area (Å²) in [5.74, 6) is -1.63. The molecule has 0 aliphatic rings. The molecular weight excluding hydrogens is 324 g/mol. The van der Waals surface area contributed by atoms with Gasteiger partial charge in [0.25, 0.3) is 11.6 Å². The van der Waals surface area contributed by atoms with E-state index < -0.39 is 16.8 Å². The van der Waals surface area contributed by atoms with Crippen molar-refractivity contribution in [3.05, 3.63) is 62.0 Å². The molecule has 21 heavy (non-hydrogen) atoms. The Morgan fingerprint density at radius 2 is 2.05 bits per heavy atom. The zero-order chi connectivity index (χ0) is 15.6. The van der Waals surface area contributed by atoms with Crippen LogP contribution in [0.15, 0.2) is 30.3 Å². The summed E-state index contributed by atoms with van der Waals surface area (Å²) in [6.07, 6.45) is 0. The van der Waals surface area contributed by atoms with Crippen molar-refractivity contribution < 1.29 is 14.1 Å². The van der Waals surface area contributed by atoms with E-state index in [9.17, 15) is 19.3 Å². The van der Waals surface area contributed by atoms with Crippen LogP contribution in [0.5, 0.6) is 0 Å². The third kappa shape index (κ3) is 3.45. The highest BCUT2D eigenvalue weighted by Crippen LogP contribution is 2.31. The molecule has 9 heteroatoms. The van der Waals surface area contributed by atoms with Gasteiger partial charge in [0, 0.05) is 12.1 Å². The second kappa shape index (κ2) is 6.02. The Balaban J connectivity index is 2.37. The fourth-order valence-electron chi connectivity index (χ4n) is 1.51. The maximum absolute atomic E-state index is 12.9. The number of nitro groups is 1. The van der Waals surface area contributed by atoms with Gasteiger partial charge in [-0.25, -0.2) is 4.98 Å². The fraction of sp³-hybridized carbons (Fsp3) is 0. The minimum atomic E-state index is -0.788. The predicted octanol–water partition coefficient (Wildman–Crippen LogP) is 3.69. The number of pyridine rings is 1. The number of nitrogens with one attached hydrogen (secondary N) is 1. The van der Waals surface area contributed by atoms with Gasteiger partial charge < -0.3 is 5.32 Å². The predicted molar refractivity (Wildman–Crippen MR) is 75.3 cm³/mol. The Kier molecular flexibility index (Phi) is 4.35. The van der Waals surface area contributed by atoms with E-state index in [2.05, 4.69) is 10.3 Å². The highest BCUT2D eigenvalue weighted by Gasteiger charge is 2.19. The van der Waals surface area contributed by atoms with E-state index in [1.807, 2.05) is 0 Å². The molecule has 1 aromatic heterocycles. The lowest BCUT2D eigenvalue weighted by molar-refractivity contribution is -0.384. The van der Waals surface area contributed by atoms with E-state index in [1.54, 1.807) is 0 Å². The van der Waals surface area contributed by atoms with Crippen LogP contribution in [0.4, 0.5) is 15.9 Å². The smallest absolute Gasteiger partial charge is 0.271 e. The van der Waals surface area contributed by atoms with E-state index in [0.717, 1.165) is 18.2 Å². The Bertz CT molecular complexity index is 740. The summed E-state index contributed by atoms with van der Waals surface area (Å²) in [4.78, 5) is 25.5. The number of carbonyl (C=O) groups is 1. The lowest BCUT2D eigenvalue weighted by Crippen LogP contribution is -2.14. The fourth-order valence-corrected chi connectivity index (χ4v) is 1.92. The highest BCUT2D eigenvalue weighted by molar-refractivity contribution is 6.44. The van der Waals surface area contributed by atoms with E-state index in [4.69, 9.17) is 23.2 Å². The Hall–Kier alpha value is -2.25. The Labute approximate surface area is 127 Å². The Morgan fingerprint density at radius 1 is 1.33 bits per heavy atom. The second-order valence-corrected chi connectivity index (χ2v) is 4.63. The van der Waals surface area contributed by atoms with Crippen LogP contribution in [0.3, 0.4) is 0 Å². The van der Waals surface area contributed by atoms with Crippen molar-refractivity contribution in [3.8, 4) is 0 Å². The molecule has 0 spiro atoms. The number of amides is 1. The summed E-state index contributed by atoms with van der Waals surface area (Å²) in [5.41, 5.74) is -0.594. The van der Waals surface area contributed by atoms with Gasteiger partial charge in [-0.3, -0.25) is 14.9 Å². The average Bonchev–Trinajstić information content (AvgIpc) is 2.41. The molecular formula is C12H6Cl2FN3O3. The van der Waals surface area contributed by atoms with Gasteiger partial charge in [0.05, 0.1) is 20.5 Å². The summed E-state index contributed by atoms with van der Waals surface area (Å²) < 4.78 is 12.9. The molecule has 2 aromatic rings. The minimum absolute atomic E-state index is 0.0568. The van der Waals surface area contributed by atoms with Crippen LogP contribution in [0.1, 0.15) is 10.4 Å². The maximum atomic E-state index is 12.9. The van der Waals surface area contributed by atoms with Crippen LogP contribution >= 0.6 is 23.2 Å². The van der Waals surface area contributed by atoms with Crippen LogP contribution in [-0.4, -0.2) is 15.8 Å². The van der Waals surface area contributed by atoms with Gasteiger partial charge in [0.2, 0.25) is 5.95 Å². The highest BCUT2D eigenvalue weighted by atomic mass is 35.5. The van der Waals surface area contributed by atoms with Gasteiger partial charge in [0.15, 0.2) is 0 Å². The summed E-state index contributed by atoms with van der Waals surface area (Å²) in [6, 6.07) is 5.81. The van der Waals surface area contributed by atoms with Gasteiger partial charge in [-0.2, -0.15) is 4.39 Å². The minimum Gasteiger partial charge on any atom is -0.306 e. The number of anilines is 1. The molecule has 0 radical (unpaired) electrons. The number of carbonyl (C=O) groups excluding carboxylic acids is 1. The van der Waals surface area contributed by atoms with Crippen molar-refractivity contribution in [1.29, 1.82) is 0 Å². The largest absolute Gasteiger partial charge is 0.306 e. The number of aromatic nitrogens is 1. The molecule has 1 aromatic carbocycles. The lowest BCUT2D eigenvalue weighted by Gasteiger charge is -2.07. The normalized spacial score (nSPS) is 10.2. The van der Waals surface area contributed by atoms with Crippen LogP contribution in [0.25, 0.3) is 0 Å². The van der Waals surface area contributed by atoms with Crippen molar-refractivity contribution in [2.75, 3.05) is 5.32 Å². The molecule has 0 atom stereocenters. The molecule has 0 aliphatic carbocycles. The first kappa shape index (κ1) is 15.1. The van der Waals surface area contributed by atoms with Crippen LogP contribution in [-0.2, 0) is 0 Å². The average molecular weight is 330 g/mol. The number of hydrogen-bond donors (Lipinski definition) is 1. The van der Waals surface area contributed by atoms with Crippen LogP contribution in [0.2, 0.25) is 10.0 Å². The van der Waals surface area contributed by atoms with Gasteiger partial charge in [-0.1, -0.05) is 29.3 Å². The Morgan fingerprint density at radius 3 is 2.67 bits per heavy atom. The third-order valence-corrected chi connectivity index (χ3v) is 3.23. The molecule has 0 unspecified atom stereocenters. The monoisotopic (exact) mass is 329 g/mol. The number of rotatable bonds is 3. The molecule has 108 valence electrons. The van der Waals surface area contributed by atoms with Gasteiger partial charge in [0.1, 0.15) is 5.82 Å². The summed E-state index contributed by atoms with van der Waals surface area (Å²) >= 11 is 11.6. The number of halogens is 3. The molecule has 6 nitrogen and oxygen atoms in total. The second-order valence-electron chi connectivity index (χ2n) is 3.85. The summed E-state index contributed by atoms with van der Waals surface area (Å²) in [6.45, 7) is 0. The van der Waals surface area contributed by atoms with E-state index in [0.29, 0.717) is 0 Å². The number of benzene rings is 1. The molecule has 0 saturated heterocycles. The first-order chi connectivity index (χ1) is 9.88. The number of nitrogens with zero attached hydrogens (tertiary/aromatic N) is 2. The van der Waals surface area contributed by atoms with Crippen molar-refractivity contribution in [2.45, 2.75) is 0 Å². The number of non-ortho nitro benzene ring substituents is 1. The van der Waals surface area contributed by atoms with Gasteiger partial charge in [-0.15, -0.1) is 0 Å².